The second kappa shape index (κ2) is 42.5. The minimum Gasteiger partial charge on any atom is -0.443 e. The first kappa shape index (κ1) is 95.4. The topological polar surface area (TPSA) is 112 Å². The molecule has 618 valence electrons. The molecular weight excluding hydrogens is 1400 g/mol. The second-order valence-corrected chi connectivity index (χ2v) is 37.9. The maximum absolute atomic E-state index is 13.4. The van der Waals surface area contributed by atoms with Crippen LogP contribution in [0.1, 0.15) is 296 Å². The normalized spacial score (nSPS) is 18.9. The number of amides is 1. The number of benzene rings is 4. The fourth-order valence-corrected chi connectivity index (χ4v) is 16.5. The molecule has 4 aliphatic rings. The van der Waals surface area contributed by atoms with Crippen LogP contribution in [0.25, 0.3) is 0 Å². The number of nitrogens with one attached hydrogen (secondary N) is 1. The van der Waals surface area contributed by atoms with Gasteiger partial charge in [0, 0.05) is 87.6 Å². The van der Waals surface area contributed by atoms with Crippen LogP contribution >= 0.6 is 11.6 Å². The van der Waals surface area contributed by atoms with Gasteiger partial charge in [0.15, 0.2) is 0 Å². The van der Waals surface area contributed by atoms with Crippen LogP contribution in [0.4, 0.5) is 22.4 Å². The largest absolute Gasteiger partial charge is 0.443 e. The number of hydrogen-bond donors (Lipinski definition) is 4. The van der Waals surface area contributed by atoms with Gasteiger partial charge in [0.1, 0.15) is 11.4 Å². The van der Waals surface area contributed by atoms with Gasteiger partial charge in [-0.2, -0.15) is 13.2 Å². The summed E-state index contributed by atoms with van der Waals surface area (Å²) in [4.78, 5) is 22.1. The van der Waals surface area contributed by atoms with Crippen molar-refractivity contribution in [2.24, 2.45) is 0 Å². The minimum absolute atomic E-state index is 0.0666. The predicted molar refractivity (Wildman–Crippen MR) is 455 cm³/mol. The molecule has 4 fully saturated rings. The summed E-state index contributed by atoms with van der Waals surface area (Å²) in [6, 6.07) is 32.9. The van der Waals surface area contributed by atoms with Crippen molar-refractivity contribution in [2.45, 2.75) is 348 Å². The molecule has 4 saturated heterocycles. The molecule has 0 aliphatic carbocycles. The van der Waals surface area contributed by atoms with Crippen LogP contribution in [0.5, 0.6) is 0 Å². The third kappa shape index (κ3) is 32.3. The van der Waals surface area contributed by atoms with Gasteiger partial charge >= 0.3 is 12.3 Å². The zero-order valence-electron chi connectivity index (χ0n) is 72.2. The van der Waals surface area contributed by atoms with E-state index in [0.717, 1.165) is 184 Å². The smallest absolute Gasteiger partial charge is 0.416 e. The van der Waals surface area contributed by atoms with E-state index in [4.69, 9.17) is 16.3 Å². The Labute approximate surface area is 670 Å². The Balaban J connectivity index is 0.000000264. The fraction of sp³-hybridized carbons (Fsp3) is 0.653. The van der Waals surface area contributed by atoms with Crippen LogP contribution in [0.15, 0.2) is 150 Å². The highest BCUT2D eigenvalue weighted by molar-refractivity contribution is 6.30. The quantitative estimate of drug-likeness (QED) is 0.0326. The molecule has 10 nitrogen and oxygen atoms in total. The molecule has 4 atom stereocenters. The summed E-state index contributed by atoms with van der Waals surface area (Å²) < 4.78 is 57.9. The molecule has 110 heavy (non-hydrogen) atoms. The first-order chi connectivity index (χ1) is 51.1. The Morgan fingerprint density at radius 1 is 0.464 bits per heavy atom. The highest BCUT2D eigenvalue weighted by Gasteiger charge is 2.41. The molecule has 4 aromatic carbocycles. The molecule has 4 heterocycles. The van der Waals surface area contributed by atoms with E-state index in [1.807, 2.05) is 52.0 Å². The van der Waals surface area contributed by atoms with E-state index >= 15 is 0 Å². The third-order valence-corrected chi connectivity index (χ3v) is 23.8. The van der Waals surface area contributed by atoms with Gasteiger partial charge in [-0.3, -0.25) is 19.6 Å². The lowest BCUT2D eigenvalue weighted by Gasteiger charge is -2.43. The Morgan fingerprint density at radius 2 is 0.745 bits per heavy atom. The molecule has 0 aromatic heterocycles. The number of alkyl halides is 3. The molecular formula is C95H148ClF4N5O5. The van der Waals surface area contributed by atoms with Gasteiger partial charge in [-0.1, -0.05) is 220 Å². The van der Waals surface area contributed by atoms with E-state index in [-0.39, 0.29) is 51.7 Å². The molecule has 4 N–H and O–H groups in total. The second-order valence-electron chi connectivity index (χ2n) is 37.5. The number of piperidine rings is 4. The first-order valence-corrected chi connectivity index (χ1v) is 42.0. The van der Waals surface area contributed by atoms with E-state index in [9.17, 15) is 37.7 Å². The van der Waals surface area contributed by atoms with Gasteiger partial charge < -0.3 is 25.4 Å². The molecule has 0 bridgehead atoms. The summed E-state index contributed by atoms with van der Waals surface area (Å²) in [6.45, 7) is 54.7. The molecule has 1 amide bonds. The lowest BCUT2D eigenvalue weighted by atomic mass is 9.77. The van der Waals surface area contributed by atoms with Crippen molar-refractivity contribution < 1.29 is 42.4 Å². The zero-order chi connectivity index (χ0) is 82.3. The minimum atomic E-state index is -4.31. The lowest BCUT2D eigenvalue weighted by molar-refractivity contribution is -0.137. The fourth-order valence-electron chi connectivity index (χ4n) is 16.4. The van der Waals surface area contributed by atoms with Gasteiger partial charge in [-0.25, -0.2) is 9.18 Å². The average molecular weight is 1550 g/mol. The van der Waals surface area contributed by atoms with Gasteiger partial charge in [0.2, 0.25) is 0 Å². The molecule has 15 heteroatoms. The van der Waals surface area contributed by atoms with E-state index in [1.54, 1.807) is 24.3 Å². The van der Waals surface area contributed by atoms with Crippen molar-refractivity contribution >= 4 is 17.7 Å². The summed E-state index contributed by atoms with van der Waals surface area (Å²) in [5.41, 5.74) is 7.37. The predicted octanol–water partition coefficient (Wildman–Crippen LogP) is 23.4. The summed E-state index contributed by atoms with van der Waals surface area (Å²) in [5.74, 6) is -0.202. The number of aliphatic hydroxyl groups is 3. The Morgan fingerprint density at radius 3 is 1.05 bits per heavy atom. The number of allylic oxidation sites excluding steroid dienone is 4. The number of hydrogen-bond acceptors (Lipinski definition) is 9. The highest BCUT2D eigenvalue weighted by Crippen LogP contribution is 2.41. The van der Waals surface area contributed by atoms with E-state index in [2.05, 4.69) is 216 Å². The number of rotatable bonds is 28. The first-order valence-electron chi connectivity index (χ1n) is 41.6. The molecule has 0 spiro atoms. The maximum atomic E-state index is 13.4. The summed E-state index contributed by atoms with van der Waals surface area (Å²) >= 11 is 6.08. The molecule has 4 aromatic rings. The van der Waals surface area contributed by atoms with Gasteiger partial charge in [0.05, 0.1) is 22.4 Å². The molecule has 4 aliphatic heterocycles. The number of nitrogens with zero attached hydrogens (tertiary/aromatic N) is 4. The van der Waals surface area contributed by atoms with Crippen molar-refractivity contribution in [3.8, 4) is 0 Å². The molecule has 8 rings (SSSR count). The molecule has 0 radical (unpaired) electrons. The SMILES string of the molecule is CC(C)=CC(CC(C)(C)c1ccc(F)cc1)N1CCC(C)(OC(=O)NC(C)C)CC1.CC(C)=CC(CC(C)(C)c1ccccc1)N1CCC(C)(O)CC1.CCCCC1(O)CCN(C(C=C(C)C)CC(C)(C)c2ccc(C(F)(F)F)cc2)CC1.CCCCC1(O)CCN(C(C=C(C)C)CC(C)(C)c2ccc(Cl)cc2)CC1. The number of carbonyl (C=O) groups is 1. The van der Waals surface area contributed by atoms with Crippen molar-refractivity contribution in [2.75, 3.05) is 52.4 Å². The third-order valence-electron chi connectivity index (χ3n) is 23.6. The van der Waals surface area contributed by atoms with Gasteiger partial charge in [-0.05, 0) is 253 Å². The number of halogens is 5. The lowest BCUT2D eigenvalue weighted by Crippen LogP contribution is -2.50. The summed E-state index contributed by atoms with van der Waals surface area (Å²) in [6.07, 6.45) is 21.6. The summed E-state index contributed by atoms with van der Waals surface area (Å²) in [5, 5.41) is 35.5. The van der Waals surface area contributed by atoms with E-state index in [1.165, 1.54) is 45.6 Å². The van der Waals surface area contributed by atoms with Crippen molar-refractivity contribution in [3.05, 3.63) is 188 Å². The number of ether oxygens (including phenoxy) is 1. The van der Waals surface area contributed by atoms with E-state index in [0.29, 0.717) is 12.1 Å². The molecule has 4 unspecified atom stereocenters. The number of unbranched alkanes of at least 4 members (excludes halogenated alkanes) is 2. The maximum Gasteiger partial charge on any atom is 0.416 e. The Kier molecular flexibility index (Phi) is 36.8. The number of alkyl carbamates (subject to hydrolysis) is 1. The van der Waals surface area contributed by atoms with Gasteiger partial charge in [-0.15, -0.1) is 0 Å². The van der Waals surface area contributed by atoms with Crippen LogP contribution in [-0.4, -0.2) is 146 Å². The van der Waals surface area contributed by atoms with Crippen LogP contribution in [0.2, 0.25) is 5.02 Å². The van der Waals surface area contributed by atoms with Crippen LogP contribution in [-0.2, 0) is 32.6 Å². The zero-order valence-corrected chi connectivity index (χ0v) is 73.0. The van der Waals surface area contributed by atoms with E-state index < -0.39 is 34.1 Å². The Bertz CT molecular complexity index is 3470. The molecule has 0 saturated carbocycles. The summed E-state index contributed by atoms with van der Waals surface area (Å²) in [7, 11) is 0. The van der Waals surface area contributed by atoms with Crippen molar-refractivity contribution in [1.82, 2.24) is 24.9 Å². The Hall–Kier alpha value is -5.16. The number of carbonyl (C=O) groups excluding carboxylic acids is 1. The van der Waals surface area contributed by atoms with Gasteiger partial charge in [0.25, 0.3) is 0 Å². The van der Waals surface area contributed by atoms with Crippen LogP contribution < -0.4 is 5.32 Å². The standard InChI is InChI=1S/C25H38F3NO.C25H39FN2O2.C24H38ClNO.C21H33NO/c1-6-7-12-24(30)13-15-29(16-14-24)22(17-19(2)3)18-23(4,5)20-8-10-21(11-9-20)25(26,27)28;1-18(2)16-22(17-24(5,6)20-8-10-21(26)11-9-20)28-14-12-25(7,13-15-28)30-23(29)27-19(3)4;1-6-7-12-24(27)13-15-26(16-14-24)22(17-19(2)3)18-23(4,5)20-8-10-21(25)11-9-20;1-17(2)15-19(22-13-11-21(5,23)12-14-22)16-20(3,4)18-9-7-6-8-10-18/h8-11,17,22,30H,6-7,12-16,18H2,1-5H3;8-11,16,19,22H,12-15,17H2,1-7H3,(H,27,29);8-11,17,22,27H,6-7,12-16,18H2,1-5H3;6-10,15,19,23H,11-14,16H2,1-5H3. The highest BCUT2D eigenvalue weighted by atomic mass is 35.5. The van der Waals surface area contributed by atoms with Crippen molar-refractivity contribution in [3.63, 3.8) is 0 Å². The van der Waals surface area contributed by atoms with Crippen LogP contribution in [0.3, 0.4) is 0 Å². The van der Waals surface area contributed by atoms with Crippen molar-refractivity contribution in [1.29, 1.82) is 0 Å². The van der Waals surface area contributed by atoms with Crippen LogP contribution in [0, 0.1) is 5.82 Å². The average Bonchev–Trinajstić information content (AvgIpc) is 0.817. The monoisotopic (exact) mass is 1550 g/mol. The number of likely N-dealkylation sites (tertiary alicyclic amines) is 4.